The second-order valence-electron chi connectivity index (χ2n) is 23.3. The first-order valence-corrected chi connectivity index (χ1v) is 28.1. The number of hydrogen-bond donors (Lipinski definition) is 2. The quantitative estimate of drug-likeness (QED) is 0.221. The second-order valence-corrected chi connectivity index (χ2v) is 50.4. The first-order valence-electron chi connectivity index (χ1n) is 19.8. The molecule has 9 atom stereocenters. The second kappa shape index (κ2) is 4.15. The van der Waals surface area contributed by atoms with Crippen molar-refractivity contribution in [2.75, 3.05) is 19.3 Å². The Hall–Kier alpha value is 0.519. The molecular weight excluding hydrogens is 626 g/mol. The van der Waals surface area contributed by atoms with Gasteiger partial charge in [-0.1, -0.05) is 0 Å². The van der Waals surface area contributed by atoms with Crippen LogP contribution in [0.3, 0.4) is 0 Å². The normalized spacial score (nSPS) is 77.3. The van der Waals surface area contributed by atoms with E-state index in [1.165, 1.54) is 72.5 Å². The maximum absolute atomic E-state index is 4.33. The predicted molar refractivity (Wildman–Crippen MR) is 187 cm³/mol. The standard InChI is InChI=1S/C35H51N2P2.C5H5.Fe/c1-34(2,3)39(33-27-16-23-15-24(18-27)19-28(33)17-23)22-29-20-26(25-9-5-4-6-10-25)21-30(29)35(38,31-11-7-13-36-31)32-12-8-14-37-32;1-2-4-5-3-1;/h4-6,9-10,20-21,23-24,27-28,31-33,36-37H,7-8,11-19,22,38H2,1-3H3;1-5H;. The molecule has 1 aromatic rings. The van der Waals surface area contributed by atoms with Gasteiger partial charge in [-0.15, -0.1) is 0 Å². The third kappa shape index (κ3) is 0.728. The van der Waals surface area contributed by atoms with E-state index in [9.17, 15) is 0 Å². The van der Waals surface area contributed by atoms with Crippen LogP contribution in [0.2, 0.25) is 42.3 Å². The number of nitrogens with one attached hydrogen (secondary N) is 2. The van der Waals surface area contributed by atoms with E-state index in [2.05, 4.69) is 71.0 Å². The van der Waals surface area contributed by atoms with Crippen molar-refractivity contribution in [2.24, 2.45) is 23.7 Å². The van der Waals surface area contributed by atoms with Crippen molar-refractivity contribution in [2.45, 2.75) is 153 Å². The van der Waals surface area contributed by atoms with Gasteiger partial charge in [0.2, 0.25) is 0 Å². The summed E-state index contributed by atoms with van der Waals surface area (Å²) in [5, 5.41) is 9.60. The van der Waals surface area contributed by atoms with E-state index in [0.29, 0.717) is 10.3 Å². The van der Waals surface area contributed by atoms with E-state index in [1.54, 1.807) is 38.3 Å². The van der Waals surface area contributed by atoms with Crippen LogP contribution >= 0.6 is 17.2 Å². The molecule has 2 nitrogen and oxygen atoms in total. The van der Waals surface area contributed by atoms with Crippen LogP contribution in [0.4, 0.5) is 0 Å². The van der Waals surface area contributed by atoms with Gasteiger partial charge < -0.3 is 0 Å². The molecule has 9 unspecified atom stereocenters. The fourth-order valence-corrected chi connectivity index (χ4v) is 119. The number of fused-ring (bicyclic) bond motifs is 10. The van der Waals surface area contributed by atoms with Crippen molar-refractivity contribution in [3.63, 3.8) is 0 Å². The average Bonchev–Trinajstić information content (AvgIpc) is 3.82. The topological polar surface area (TPSA) is 24.1 Å². The summed E-state index contributed by atoms with van der Waals surface area (Å²) in [6.45, 7) is 6.76. The Bertz CT molecular complexity index is 2010. The molecule has 12 aliphatic heterocycles. The fraction of sp³-hybridized carbons (Fsp3) is 0.850. The summed E-state index contributed by atoms with van der Waals surface area (Å²) in [6, 6.07) is 14.2. The van der Waals surface area contributed by atoms with Crippen molar-refractivity contribution in [1.82, 2.24) is 10.6 Å². The molecule has 4 bridgehead atoms. The zero-order chi connectivity index (χ0) is 29.5. The molecule has 244 valence electrons. The van der Waals surface area contributed by atoms with Crippen molar-refractivity contribution < 1.29 is 6.51 Å². The third-order valence-corrected chi connectivity index (χ3v) is 76.1. The van der Waals surface area contributed by atoms with E-state index in [0.717, 1.165) is 54.4 Å². The van der Waals surface area contributed by atoms with Gasteiger partial charge in [0.25, 0.3) is 0 Å². The van der Waals surface area contributed by atoms with Gasteiger partial charge in [-0.2, -0.15) is 0 Å². The van der Waals surface area contributed by atoms with Gasteiger partial charge in [0.1, 0.15) is 0 Å². The molecule has 2 N–H and O–H groups in total. The SMILES string of the molecule is CC(C)(C)P(C[C]12[CH]3[C]4(c5ccccc5)[CH]5[C]1(C(P)(C1CCCN1)C1CCCN1)[Fe]35421678[CH]2[CH]1[CH]6[CH]7[CH]28)C1C2CC3CC(C2)CC1C3. The Balaban J connectivity index is 0.981. The predicted octanol–water partition coefficient (Wildman–Crippen LogP) is 9.45. The van der Waals surface area contributed by atoms with Gasteiger partial charge >= 0.3 is 266 Å². The molecule has 1 spiro atoms. The summed E-state index contributed by atoms with van der Waals surface area (Å²) in [7, 11) is 4.01. The first-order chi connectivity index (χ1) is 21.5. The van der Waals surface area contributed by atoms with Crippen LogP contribution in [0.25, 0.3) is 0 Å². The summed E-state index contributed by atoms with van der Waals surface area (Å²) in [4.78, 5) is 9.09. The molecule has 16 fully saturated rings. The molecule has 4 aliphatic carbocycles. The first kappa shape index (κ1) is 24.6. The summed E-state index contributed by atoms with van der Waals surface area (Å²) >= 11 is 0. The number of benzene rings is 1. The Morgan fingerprint density at radius 1 is 0.800 bits per heavy atom. The van der Waals surface area contributed by atoms with Crippen LogP contribution in [0.5, 0.6) is 0 Å². The Morgan fingerprint density at radius 2 is 1.36 bits per heavy atom. The molecule has 45 heavy (non-hydrogen) atoms. The zero-order valence-corrected chi connectivity index (χ0v) is 31.0. The Kier molecular flexibility index (Phi) is 2.27. The zero-order valence-electron chi connectivity index (χ0n) is 27.8. The third-order valence-electron chi connectivity index (χ3n) is 26.2. The number of hydrogen-bond acceptors (Lipinski definition) is 2. The minimum absolute atomic E-state index is 0.0326. The van der Waals surface area contributed by atoms with Crippen molar-refractivity contribution in [3.8, 4) is 0 Å². The van der Waals surface area contributed by atoms with Crippen LogP contribution in [0, 0.1) is 23.7 Å². The van der Waals surface area contributed by atoms with Crippen LogP contribution < -0.4 is 10.6 Å². The molecule has 12 heterocycles. The molecule has 4 saturated carbocycles. The van der Waals surface area contributed by atoms with Gasteiger partial charge in [0.15, 0.2) is 0 Å². The molecule has 12 saturated heterocycles. The van der Waals surface area contributed by atoms with Crippen LogP contribution in [0.1, 0.15) is 84.1 Å². The molecule has 1 aromatic carbocycles. The Morgan fingerprint density at radius 3 is 1.82 bits per heavy atom. The van der Waals surface area contributed by atoms with E-state index in [1.807, 2.05) is 5.56 Å². The maximum atomic E-state index is 4.33. The van der Waals surface area contributed by atoms with Gasteiger partial charge in [0.05, 0.1) is 0 Å². The van der Waals surface area contributed by atoms with Gasteiger partial charge in [-0.05, 0) is 0 Å². The van der Waals surface area contributed by atoms with Crippen molar-refractivity contribution >= 4 is 17.2 Å². The van der Waals surface area contributed by atoms with Crippen molar-refractivity contribution in [1.29, 1.82) is 0 Å². The average molecular weight is 683 g/mol. The van der Waals surface area contributed by atoms with E-state index >= 15 is 0 Å². The van der Waals surface area contributed by atoms with E-state index < -0.39 is 6.51 Å². The monoisotopic (exact) mass is 682 g/mol. The molecule has 0 radical (unpaired) electrons. The van der Waals surface area contributed by atoms with Crippen LogP contribution in [0.15, 0.2) is 30.3 Å². The fourth-order valence-electron chi connectivity index (χ4n) is 28.9. The molecule has 17 rings (SSSR count). The minimum atomic E-state index is -4.14. The summed E-state index contributed by atoms with van der Waals surface area (Å²) in [5.74, 6) is 4.43. The number of rotatable bonds is 7. The summed E-state index contributed by atoms with van der Waals surface area (Å²) < 4.78 is 2.42. The summed E-state index contributed by atoms with van der Waals surface area (Å²) in [5.41, 5.74) is 3.06. The van der Waals surface area contributed by atoms with Crippen molar-refractivity contribution in [3.05, 3.63) is 35.9 Å². The van der Waals surface area contributed by atoms with E-state index in [-0.39, 0.29) is 7.92 Å². The summed E-state index contributed by atoms with van der Waals surface area (Å²) in [6.07, 6.45) is 15.7. The molecule has 0 aromatic heterocycles. The molecular formula is C40H56FeN2P2. The van der Waals surface area contributed by atoms with Crippen LogP contribution in [-0.4, -0.2) is 47.3 Å². The van der Waals surface area contributed by atoms with Gasteiger partial charge in [-0.25, -0.2) is 0 Å². The van der Waals surface area contributed by atoms with E-state index in [4.69, 9.17) is 0 Å². The molecule has 5 heteroatoms. The van der Waals surface area contributed by atoms with Crippen LogP contribution in [-0.2, 0) is 10.8 Å². The molecule has 0 amide bonds. The van der Waals surface area contributed by atoms with Gasteiger partial charge in [0, 0.05) is 0 Å². The van der Waals surface area contributed by atoms with Gasteiger partial charge in [-0.3, -0.25) is 0 Å². The Labute approximate surface area is 265 Å². The molecule has 16 aliphatic rings.